The van der Waals surface area contributed by atoms with Crippen LogP contribution in [0.4, 0.5) is 0 Å². The second-order valence-corrected chi connectivity index (χ2v) is 4.49. The molecule has 0 aromatic heterocycles. The van der Waals surface area contributed by atoms with E-state index in [1.54, 1.807) is 14.2 Å². The first kappa shape index (κ1) is 8.45. The van der Waals surface area contributed by atoms with Gasteiger partial charge in [-0.05, 0) is 5.19 Å². The van der Waals surface area contributed by atoms with E-state index < -0.39 is 9.28 Å². The van der Waals surface area contributed by atoms with Crippen LogP contribution in [-0.4, -0.2) is 23.5 Å². The second kappa shape index (κ2) is 4.28. The highest BCUT2D eigenvalue weighted by Crippen LogP contribution is 1.89. The van der Waals surface area contributed by atoms with Gasteiger partial charge in [0.05, 0.1) is 0 Å². The first-order valence-electron chi connectivity index (χ1n) is 3.49. The van der Waals surface area contributed by atoms with E-state index in [0.717, 1.165) is 0 Å². The Morgan fingerprint density at radius 1 is 1.00 bits per heavy atom. The second-order valence-electron chi connectivity index (χ2n) is 2.21. The lowest BCUT2D eigenvalue weighted by Crippen LogP contribution is -2.34. The molecule has 0 atom stereocenters. The molecule has 60 valence electrons. The van der Waals surface area contributed by atoms with E-state index >= 15 is 0 Å². The van der Waals surface area contributed by atoms with Gasteiger partial charge in [0.25, 0.3) is 0 Å². The zero-order valence-corrected chi connectivity index (χ0v) is 7.94. The molecule has 1 aromatic carbocycles. The molecule has 0 N–H and O–H groups in total. The summed E-state index contributed by atoms with van der Waals surface area (Å²) in [6.45, 7) is 0. The van der Waals surface area contributed by atoms with Crippen LogP contribution in [0.2, 0.25) is 0 Å². The van der Waals surface area contributed by atoms with E-state index in [1.165, 1.54) is 5.19 Å². The summed E-state index contributed by atoms with van der Waals surface area (Å²) in [4.78, 5) is 0. The molecule has 0 unspecified atom stereocenters. The zero-order chi connectivity index (χ0) is 8.10. The third kappa shape index (κ3) is 2.15. The summed E-state index contributed by atoms with van der Waals surface area (Å²) < 4.78 is 10.4. The molecule has 0 radical (unpaired) electrons. The highest BCUT2D eigenvalue weighted by atomic mass is 28.3. The van der Waals surface area contributed by atoms with E-state index in [0.29, 0.717) is 0 Å². The molecule has 1 aromatic rings. The van der Waals surface area contributed by atoms with E-state index in [-0.39, 0.29) is 0 Å². The van der Waals surface area contributed by atoms with Crippen molar-refractivity contribution in [3.05, 3.63) is 30.3 Å². The maximum atomic E-state index is 5.20. The fraction of sp³-hybridized carbons (Fsp3) is 0.250. The van der Waals surface area contributed by atoms with E-state index in [2.05, 4.69) is 0 Å². The van der Waals surface area contributed by atoms with Gasteiger partial charge >= 0.3 is 9.28 Å². The van der Waals surface area contributed by atoms with Gasteiger partial charge in [0.15, 0.2) is 0 Å². The van der Waals surface area contributed by atoms with Crippen LogP contribution in [0.15, 0.2) is 30.3 Å². The van der Waals surface area contributed by atoms with Crippen molar-refractivity contribution in [2.75, 3.05) is 14.2 Å². The summed E-state index contributed by atoms with van der Waals surface area (Å²) >= 11 is 0. The van der Waals surface area contributed by atoms with Crippen molar-refractivity contribution < 1.29 is 8.85 Å². The lowest BCUT2D eigenvalue weighted by atomic mass is 10.4. The van der Waals surface area contributed by atoms with Gasteiger partial charge < -0.3 is 8.85 Å². The van der Waals surface area contributed by atoms with Crippen LogP contribution in [0, 0.1) is 0 Å². The van der Waals surface area contributed by atoms with Crippen molar-refractivity contribution in [1.82, 2.24) is 0 Å². The fourth-order valence-corrected chi connectivity index (χ4v) is 2.25. The Hall–Kier alpha value is -0.643. The van der Waals surface area contributed by atoms with Crippen LogP contribution >= 0.6 is 0 Å². The average Bonchev–Trinajstić information content (AvgIpc) is 2.09. The van der Waals surface area contributed by atoms with Crippen molar-refractivity contribution in [3.8, 4) is 0 Å². The molecule has 0 aliphatic rings. The van der Waals surface area contributed by atoms with Crippen molar-refractivity contribution in [2.45, 2.75) is 0 Å². The van der Waals surface area contributed by atoms with Crippen molar-refractivity contribution in [2.24, 2.45) is 0 Å². The molecular weight excluding hydrogens is 156 g/mol. The minimum atomic E-state index is -1.55. The Balaban J connectivity index is 2.74. The van der Waals surface area contributed by atoms with Gasteiger partial charge in [-0.15, -0.1) is 0 Å². The Bertz CT molecular complexity index is 197. The Morgan fingerprint density at radius 3 is 2.00 bits per heavy atom. The molecule has 0 amide bonds. The highest BCUT2D eigenvalue weighted by molar-refractivity contribution is 6.61. The summed E-state index contributed by atoms with van der Waals surface area (Å²) in [6.07, 6.45) is 0. The molecule has 0 aliphatic heterocycles. The Kier molecular flexibility index (Phi) is 3.29. The van der Waals surface area contributed by atoms with E-state index in [9.17, 15) is 0 Å². The number of hydrogen-bond acceptors (Lipinski definition) is 2. The molecule has 3 heteroatoms. The minimum absolute atomic E-state index is 1.18. The van der Waals surface area contributed by atoms with Crippen molar-refractivity contribution in [1.29, 1.82) is 0 Å². The first-order valence-corrected chi connectivity index (χ1v) is 5.01. The number of hydrogen-bond donors (Lipinski definition) is 0. The van der Waals surface area contributed by atoms with Gasteiger partial charge in [-0.3, -0.25) is 0 Å². The number of rotatable bonds is 3. The molecular formula is C8H12O2Si. The highest BCUT2D eigenvalue weighted by Gasteiger charge is 2.10. The Morgan fingerprint density at radius 2 is 1.55 bits per heavy atom. The van der Waals surface area contributed by atoms with Gasteiger partial charge in [-0.2, -0.15) is 0 Å². The fourth-order valence-electron chi connectivity index (χ4n) is 0.979. The summed E-state index contributed by atoms with van der Waals surface area (Å²) in [6, 6.07) is 10.0. The quantitative estimate of drug-likeness (QED) is 0.609. The summed E-state index contributed by atoms with van der Waals surface area (Å²) in [7, 11) is 1.83. The van der Waals surface area contributed by atoms with Crippen LogP contribution in [-0.2, 0) is 8.85 Å². The summed E-state index contributed by atoms with van der Waals surface area (Å²) in [5.41, 5.74) is 0. The topological polar surface area (TPSA) is 18.5 Å². The van der Waals surface area contributed by atoms with E-state index in [4.69, 9.17) is 8.85 Å². The standard InChI is InChI=1S/C8H12O2Si/c1-9-11(10-2)8-6-4-3-5-7-8/h3-7,11H,1-2H3. The average molecular weight is 168 g/mol. The smallest absolute Gasteiger partial charge is 0.355 e. The zero-order valence-electron chi connectivity index (χ0n) is 6.78. The van der Waals surface area contributed by atoms with Crippen LogP contribution in [0.1, 0.15) is 0 Å². The van der Waals surface area contributed by atoms with Crippen LogP contribution in [0.5, 0.6) is 0 Å². The molecule has 0 bridgehead atoms. The van der Waals surface area contributed by atoms with Gasteiger partial charge in [0, 0.05) is 14.2 Å². The molecule has 2 nitrogen and oxygen atoms in total. The third-order valence-electron chi connectivity index (χ3n) is 1.50. The lowest BCUT2D eigenvalue weighted by Gasteiger charge is -2.09. The van der Waals surface area contributed by atoms with Gasteiger partial charge in [-0.1, -0.05) is 30.3 Å². The normalized spacial score (nSPS) is 10.5. The molecule has 0 saturated carbocycles. The molecule has 0 aliphatic carbocycles. The SMILES string of the molecule is CO[SiH](OC)c1ccccc1. The molecule has 0 spiro atoms. The lowest BCUT2D eigenvalue weighted by molar-refractivity contribution is 0.292. The minimum Gasteiger partial charge on any atom is -0.397 e. The number of benzene rings is 1. The van der Waals surface area contributed by atoms with Crippen molar-refractivity contribution >= 4 is 14.5 Å². The third-order valence-corrected chi connectivity index (χ3v) is 3.29. The first-order chi connectivity index (χ1) is 5.38. The maximum absolute atomic E-state index is 5.20. The molecule has 0 fully saturated rings. The molecule has 1 rings (SSSR count). The van der Waals surface area contributed by atoms with Crippen molar-refractivity contribution in [3.63, 3.8) is 0 Å². The molecule has 0 heterocycles. The van der Waals surface area contributed by atoms with Crippen LogP contribution in [0.25, 0.3) is 0 Å². The Labute approximate surface area is 68.6 Å². The van der Waals surface area contributed by atoms with Crippen LogP contribution < -0.4 is 5.19 Å². The van der Waals surface area contributed by atoms with Gasteiger partial charge in [-0.25, -0.2) is 0 Å². The summed E-state index contributed by atoms with van der Waals surface area (Å²) in [5.74, 6) is 0. The predicted octanol–water partition coefficient (Wildman–Crippen LogP) is 0.407. The predicted molar refractivity (Wildman–Crippen MR) is 47.2 cm³/mol. The summed E-state index contributed by atoms with van der Waals surface area (Å²) in [5, 5.41) is 1.18. The molecule has 0 saturated heterocycles. The van der Waals surface area contributed by atoms with E-state index in [1.807, 2.05) is 30.3 Å². The molecule has 11 heavy (non-hydrogen) atoms. The van der Waals surface area contributed by atoms with Gasteiger partial charge in [0.1, 0.15) is 0 Å². The maximum Gasteiger partial charge on any atom is 0.355 e. The van der Waals surface area contributed by atoms with Crippen LogP contribution in [0.3, 0.4) is 0 Å². The monoisotopic (exact) mass is 168 g/mol. The largest absolute Gasteiger partial charge is 0.397 e. The van der Waals surface area contributed by atoms with Gasteiger partial charge in [0.2, 0.25) is 0 Å².